The molecule has 6 rings (SSSR count). The number of aryl methyl sites for hydroxylation is 1. The van der Waals surface area contributed by atoms with Gasteiger partial charge in [-0.25, -0.2) is 9.97 Å². The van der Waals surface area contributed by atoms with Crippen molar-refractivity contribution < 1.29 is 4.74 Å². The quantitative estimate of drug-likeness (QED) is 0.491. The van der Waals surface area contributed by atoms with Gasteiger partial charge in [-0.05, 0) is 69.3 Å². The van der Waals surface area contributed by atoms with E-state index in [9.17, 15) is 0 Å². The number of thiazole rings is 1. The maximum absolute atomic E-state index is 5.48. The van der Waals surface area contributed by atoms with Gasteiger partial charge in [0.1, 0.15) is 11.5 Å². The molecule has 0 saturated carbocycles. The van der Waals surface area contributed by atoms with Crippen molar-refractivity contribution in [2.45, 2.75) is 25.3 Å². The molecule has 1 aliphatic heterocycles. The Bertz CT molecular complexity index is 1320. The van der Waals surface area contributed by atoms with Gasteiger partial charge >= 0.3 is 0 Å². The number of hydrogen-bond acceptors (Lipinski definition) is 7. The van der Waals surface area contributed by atoms with Crippen molar-refractivity contribution in [3.63, 3.8) is 0 Å². The molecule has 1 atom stereocenters. The Hall–Kier alpha value is -2.68. The highest BCUT2D eigenvalue weighted by atomic mass is 32.1. The number of nitrogens with one attached hydrogen (secondary N) is 1. The van der Waals surface area contributed by atoms with Crippen LogP contribution in [0.15, 0.2) is 30.3 Å². The molecule has 7 nitrogen and oxygen atoms in total. The predicted molar refractivity (Wildman–Crippen MR) is 136 cm³/mol. The minimum atomic E-state index is 0.605. The van der Waals surface area contributed by atoms with Gasteiger partial charge in [0.25, 0.3) is 0 Å². The van der Waals surface area contributed by atoms with Gasteiger partial charge in [-0.15, -0.1) is 0 Å². The van der Waals surface area contributed by atoms with Gasteiger partial charge in [0.2, 0.25) is 0 Å². The van der Waals surface area contributed by atoms with E-state index in [2.05, 4.69) is 71.2 Å². The largest absolute Gasteiger partial charge is 0.378 e. The molecule has 33 heavy (non-hydrogen) atoms. The first-order valence-corrected chi connectivity index (χ1v) is 12.5. The maximum Gasteiger partial charge on any atom is 0.186 e. The van der Waals surface area contributed by atoms with Crippen molar-refractivity contribution in [2.24, 2.45) is 7.05 Å². The third-order valence-electron chi connectivity index (χ3n) is 7.09. The Labute approximate surface area is 198 Å². The molecule has 1 fully saturated rings. The summed E-state index contributed by atoms with van der Waals surface area (Å²) in [4.78, 5) is 14.6. The number of pyridine rings is 1. The molecule has 3 aromatic heterocycles. The van der Waals surface area contributed by atoms with Crippen molar-refractivity contribution in [2.75, 3.05) is 50.6 Å². The Morgan fingerprint density at radius 2 is 1.97 bits per heavy atom. The highest BCUT2D eigenvalue weighted by Crippen LogP contribution is 2.34. The first-order chi connectivity index (χ1) is 16.1. The highest BCUT2D eigenvalue weighted by Gasteiger charge is 2.26. The molecular weight excluding hydrogens is 432 g/mol. The minimum Gasteiger partial charge on any atom is -0.378 e. The lowest BCUT2D eigenvalue weighted by Gasteiger charge is -2.28. The monoisotopic (exact) mass is 462 g/mol. The smallest absolute Gasteiger partial charge is 0.186 e. The summed E-state index contributed by atoms with van der Waals surface area (Å²) in [5.74, 6) is 0.868. The fraction of sp³-hybridized carbons (Fsp3) is 0.440. The summed E-state index contributed by atoms with van der Waals surface area (Å²) in [7, 11) is 6.52. The van der Waals surface area contributed by atoms with E-state index >= 15 is 0 Å². The van der Waals surface area contributed by atoms with Crippen LogP contribution in [0.3, 0.4) is 0 Å². The second-order valence-corrected chi connectivity index (χ2v) is 10.3. The summed E-state index contributed by atoms with van der Waals surface area (Å²) in [5, 5.41) is 5.88. The minimum absolute atomic E-state index is 0.605. The van der Waals surface area contributed by atoms with Gasteiger partial charge in [-0.1, -0.05) is 11.3 Å². The van der Waals surface area contributed by atoms with Gasteiger partial charge in [0, 0.05) is 42.9 Å². The molecule has 0 bridgehead atoms. The van der Waals surface area contributed by atoms with Gasteiger partial charge in [-0.3, -0.25) is 0 Å². The molecule has 2 aliphatic rings. The molecule has 1 saturated heterocycles. The lowest BCUT2D eigenvalue weighted by atomic mass is 9.91. The second kappa shape index (κ2) is 8.27. The lowest BCUT2D eigenvalue weighted by Crippen LogP contribution is -2.36. The van der Waals surface area contributed by atoms with Crippen LogP contribution < -0.4 is 10.2 Å². The number of morpholine rings is 1. The van der Waals surface area contributed by atoms with Crippen LogP contribution in [0.2, 0.25) is 0 Å². The first-order valence-electron chi connectivity index (χ1n) is 11.7. The average molecular weight is 463 g/mol. The summed E-state index contributed by atoms with van der Waals surface area (Å²) >= 11 is 1.75. The molecular formula is C25H30N6OS. The van der Waals surface area contributed by atoms with Crippen LogP contribution in [0.5, 0.6) is 0 Å². The van der Waals surface area contributed by atoms with E-state index in [-0.39, 0.29) is 0 Å². The van der Waals surface area contributed by atoms with E-state index in [1.165, 1.54) is 27.8 Å². The predicted octanol–water partition coefficient (Wildman–Crippen LogP) is 4.18. The highest BCUT2D eigenvalue weighted by molar-refractivity contribution is 7.22. The molecule has 4 heterocycles. The number of aromatic nitrogens is 3. The van der Waals surface area contributed by atoms with E-state index in [4.69, 9.17) is 14.7 Å². The zero-order valence-electron chi connectivity index (χ0n) is 19.5. The van der Waals surface area contributed by atoms with E-state index in [0.29, 0.717) is 6.04 Å². The number of benzene rings is 1. The molecule has 8 heteroatoms. The molecule has 0 unspecified atom stereocenters. The molecule has 1 aromatic carbocycles. The number of fused-ring (bicyclic) bond motifs is 4. The molecule has 1 aliphatic carbocycles. The van der Waals surface area contributed by atoms with Crippen LogP contribution in [-0.2, 0) is 24.6 Å². The third kappa shape index (κ3) is 3.76. The van der Waals surface area contributed by atoms with Crippen LogP contribution in [0, 0.1) is 0 Å². The average Bonchev–Trinajstić information content (AvgIpc) is 3.38. The van der Waals surface area contributed by atoms with Crippen LogP contribution >= 0.6 is 11.3 Å². The van der Waals surface area contributed by atoms with Crippen LogP contribution in [0.4, 0.5) is 16.6 Å². The number of anilines is 3. The standard InChI is InChI=1S/C25H30N6OS/c1-29(2)17-5-7-21-19(15-17)18-6-9-23(28-24(18)30(21)3)26-16-4-8-22-20(14-16)27-25(33-22)31-10-12-32-13-11-31/h4,6,8-9,14,17H,5,7,10-13,15H2,1-3H3,(H,26,28)/t17-/m0/s1. The summed E-state index contributed by atoms with van der Waals surface area (Å²) in [6.45, 7) is 3.36. The fourth-order valence-corrected chi connectivity index (χ4v) is 6.15. The molecule has 0 spiro atoms. The Morgan fingerprint density at radius 1 is 1.12 bits per heavy atom. The SMILES string of the molecule is CN(C)[C@H]1CCc2c(c3ccc(Nc4ccc5sc(N6CCOCC6)nc5c4)nc3n2C)C1. The zero-order chi connectivity index (χ0) is 22.5. The van der Waals surface area contributed by atoms with Crippen molar-refractivity contribution in [1.29, 1.82) is 0 Å². The Morgan fingerprint density at radius 3 is 2.79 bits per heavy atom. The Balaban J connectivity index is 1.28. The van der Waals surface area contributed by atoms with Gasteiger partial charge in [0.05, 0.1) is 23.4 Å². The maximum atomic E-state index is 5.48. The van der Waals surface area contributed by atoms with Gasteiger partial charge < -0.3 is 24.4 Å². The van der Waals surface area contributed by atoms with Crippen molar-refractivity contribution in [3.05, 3.63) is 41.6 Å². The molecule has 0 amide bonds. The summed E-state index contributed by atoms with van der Waals surface area (Å²) < 4.78 is 8.97. The fourth-order valence-electron chi connectivity index (χ4n) is 5.15. The Kier molecular flexibility index (Phi) is 5.24. The van der Waals surface area contributed by atoms with Crippen LogP contribution in [0.1, 0.15) is 17.7 Å². The normalized spacial score (nSPS) is 18.9. The van der Waals surface area contributed by atoms with E-state index in [0.717, 1.165) is 66.9 Å². The number of likely N-dealkylation sites (N-methyl/N-ethyl adjacent to an activating group) is 1. The van der Waals surface area contributed by atoms with Gasteiger partial charge in [0.15, 0.2) is 5.13 Å². The summed E-state index contributed by atoms with van der Waals surface area (Å²) in [5.41, 5.74) is 6.01. The first kappa shape index (κ1) is 20.9. The van der Waals surface area contributed by atoms with E-state index < -0.39 is 0 Å². The van der Waals surface area contributed by atoms with Crippen molar-refractivity contribution in [1.82, 2.24) is 19.4 Å². The van der Waals surface area contributed by atoms with Gasteiger partial charge in [-0.2, -0.15) is 0 Å². The van der Waals surface area contributed by atoms with E-state index in [1.54, 1.807) is 11.3 Å². The summed E-state index contributed by atoms with van der Waals surface area (Å²) in [6.07, 6.45) is 3.41. The zero-order valence-corrected chi connectivity index (χ0v) is 20.3. The molecule has 4 aromatic rings. The van der Waals surface area contributed by atoms with Crippen LogP contribution in [0.25, 0.3) is 21.3 Å². The number of ether oxygens (including phenoxy) is 1. The van der Waals surface area contributed by atoms with Crippen molar-refractivity contribution >= 4 is 49.2 Å². The molecule has 172 valence electrons. The molecule has 1 N–H and O–H groups in total. The van der Waals surface area contributed by atoms with E-state index in [1.807, 2.05) is 0 Å². The van der Waals surface area contributed by atoms with Crippen LogP contribution in [-0.4, -0.2) is 65.9 Å². The van der Waals surface area contributed by atoms with Crippen molar-refractivity contribution in [3.8, 4) is 0 Å². The number of nitrogens with zero attached hydrogens (tertiary/aromatic N) is 5. The second-order valence-electron chi connectivity index (χ2n) is 9.32. The number of hydrogen-bond donors (Lipinski definition) is 1. The summed E-state index contributed by atoms with van der Waals surface area (Å²) in [6, 6.07) is 11.3. The topological polar surface area (TPSA) is 58.4 Å². The molecule has 0 radical (unpaired) electrons. The number of rotatable bonds is 4. The lowest BCUT2D eigenvalue weighted by molar-refractivity contribution is 0.122. The third-order valence-corrected chi connectivity index (χ3v) is 8.18.